The van der Waals surface area contributed by atoms with Gasteiger partial charge in [0.05, 0.1) is 18.5 Å². The van der Waals surface area contributed by atoms with E-state index in [0.29, 0.717) is 22.3 Å². The van der Waals surface area contributed by atoms with E-state index in [1.807, 2.05) is 0 Å². The first kappa shape index (κ1) is 20.5. The second-order valence-corrected chi connectivity index (χ2v) is 7.34. The number of hydrogen-bond acceptors (Lipinski definition) is 6. The average molecular weight is 414 g/mol. The van der Waals surface area contributed by atoms with Crippen LogP contribution in [0.2, 0.25) is 0 Å². The molecule has 29 heavy (non-hydrogen) atoms. The van der Waals surface area contributed by atoms with Crippen LogP contribution in [0.1, 0.15) is 18.9 Å². The number of methoxy groups -OCH3 is 1. The zero-order valence-corrected chi connectivity index (χ0v) is 16.6. The lowest BCUT2D eigenvalue weighted by molar-refractivity contribution is -0.122. The molecule has 1 saturated heterocycles. The van der Waals surface area contributed by atoms with E-state index < -0.39 is 5.25 Å². The van der Waals surface area contributed by atoms with E-state index in [4.69, 9.17) is 4.74 Å². The molecule has 1 aliphatic rings. The Morgan fingerprint density at radius 2 is 1.97 bits per heavy atom. The van der Waals surface area contributed by atoms with Gasteiger partial charge < -0.3 is 15.4 Å². The number of nitrogens with zero attached hydrogens (tertiary/aromatic N) is 2. The molecule has 2 aromatic rings. The molecular formula is C20H19FN4O3S. The second kappa shape index (κ2) is 9.33. The molecule has 0 aliphatic carbocycles. The maximum atomic E-state index is 13.0. The van der Waals surface area contributed by atoms with E-state index >= 15 is 0 Å². The standard InChI is InChI=1S/C20H19FN4O3S/c1-12(13-7-9-14(21)10-8-13)24-25-20-23-19(27)17(29-20)11-18(26)22-15-5-3-4-6-16(15)28-2/h3-10,17H,11H2,1-2H3,(H,22,26)(H,23,25,27)/b24-12+/t17-/m1/s1. The predicted molar refractivity (Wildman–Crippen MR) is 112 cm³/mol. The van der Waals surface area contributed by atoms with E-state index in [2.05, 4.69) is 20.8 Å². The smallest absolute Gasteiger partial charge is 0.240 e. The summed E-state index contributed by atoms with van der Waals surface area (Å²) in [7, 11) is 1.52. The summed E-state index contributed by atoms with van der Waals surface area (Å²) in [5.41, 5.74) is 1.83. The fourth-order valence-electron chi connectivity index (χ4n) is 2.57. The number of amides is 2. The number of anilines is 1. The number of carbonyl (C=O) groups is 2. The molecule has 0 spiro atoms. The molecule has 1 heterocycles. The summed E-state index contributed by atoms with van der Waals surface area (Å²) >= 11 is 1.14. The number of halogens is 1. The monoisotopic (exact) mass is 414 g/mol. The maximum Gasteiger partial charge on any atom is 0.240 e. The van der Waals surface area contributed by atoms with Gasteiger partial charge in [-0.2, -0.15) is 5.10 Å². The highest BCUT2D eigenvalue weighted by molar-refractivity contribution is 8.15. The first-order chi connectivity index (χ1) is 14.0. The molecule has 0 radical (unpaired) electrons. The van der Waals surface area contributed by atoms with Gasteiger partial charge in [-0.15, -0.1) is 5.10 Å². The highest BCUT2D eigenvalue weighted by atomic mass is 32.2. The fourth-order valence-corrected chi connectivity index (χ4v) is 3.49. The first-order valence-corrected chi connectivity index (χ1v) is 9.63. The van der Waals surface area contributed by atoms with Gasteiger partial charge in [-0.3, -0.25) is 9.59 Å². The average Bonchev–Trinajstić information content (AvgIpc) is 3.06. The third kappa shape index (κ3) is 5.41. The van der Waals surface area contributed by atoms with E-state index in [1.165, 1.54) is 19.2 Å². The van der Waals surface area contributed by atoms with Crippen molar-refractivity contribution in [2.24, 2.45) is 10.2 Å². The topological polar surface area (TPSA) is 92.2 Å². The molecule has 0 aromatic heterocycles. The van der Waals surface area contributed by atoms with Gasteiger partial charge in [0.2, 0.25) is 11.8 Å². The van der Waals surface area contributed by atoms with Crippen molar-refractivity contribution in [3.8, 4) is 5.75 Å². The van der Waals surface area contributed by atoms with Crippen molar-refractivity contribution in [1.82, 2.24) is 5.32 Å². The van der Waals surface area contributed by atoms with Crippen LogP contribution in [0.25, 0.3) is 0 Å². The second-order valence-electron chi connectivity index (χ2n) is 6.15. The number of ether oxygens (including phenoxy) is 1. The molecule has 3 rings (SSSR count). The highest BCUT2D eigenvalue weighted by Gasteiger charge is 2.32. The van der Waals surface area contributed by atoms with Gasteiger partial charge in [-0.1, -0.05) is 36.0 Å². The third-order valence-electron chi connectivity index (χ3n) is 4.08. The molecule has 0 unspecified atom stereocenters. The molecule has 2 aromatic carbocycles. The molecule has 150 valence electrons. The summed E-state index contributed by atoms with van der Waals surface area (Å²) in [6, 6.07) is 12.9. The van der Waals surface area contributed by atoms with Crippen LogP contribution < -0.4 is 15.4 Å². The van der Waals surface area contributed by atoms with Gasteiger partial charge in [0.25, 0.3) is 0 Å². The summed E-state index contributed by atoms with van der Waals surface area (Å²) < 4.78 is 18.2. The zero-order valence-electron chi connectivity index (χ0n) is 15.8. The summed E-state index contributed by atoms with van der Waals surface area (Å²) in [6.07, 6.45) is -0.0196. The molecule has 9 heteroatoms. The lowest BCUT2D eigenvalue weighted by Crippen LogP contribution is -2.28. The molecule has 0 bridgehead atoms. The number of hydrogen-bond donors (Lipinski definition) is 2. The molecule has 1 fully saturated rings. The zero-order chi connectivity index (χ0) is 20.8. The largest absolute Gasteiger partial charge is 0.495 e. The minimum absolute atomic E-state index is 0.0196. The first-order valence-electron chi connectivity index (χ1n) is 8.75. The Balaban J connectivity index is 1.61. The number of amidine groups is 1. The van der Waals surface area contributed by atoms with Crippen LogP contribution in [-0.4, -0.2) is 35.1 Å². The van der Waals surface area contributed by atoms with Gasteiger partial charge in [0.1, 0.15) is 16.8 Å². The van der Waals surface area contributed by atoms with Crippen molar-refractivity contribution in [3.05, 3.63) is 59.9 Å². The van der Waals surface area contributed by atoms with Gasteiger partial charge in [0.15, 0.2) is 5.17 Å². The van der Waals surface area contributed by atoms with Crippen LogP contribution in [0, 0.1) is 5.82 Å². The normalized spacial score (nSPS) is 17.9. The molecule has 1 aliphatic heterocycles. The van der Waals surface area contributed by atoms with E-state index in [1.54, 1.807) is 43.3 Å². The number of nitrogens with one attached hydrogen (secondary N) is 2. The van der Waals surface area contributed by atoms with Crippen LogP contribution in [-0.2, 0) is 9.59 Å². The van der Waals surface area contributed by atoms with Crippen molar-refractivity contribution >= 4 is 40.1 Å². The van der Waals surface area contributed by atoms with E-state index in [-0.39, 0.29) is 24.1 Å². The van der Waals surface area contributed by atoms with Crippen LogP contribution in [0.4, 0.5) is 10.1 Å². The maximum absolute atomic E-state index is 13.0. The number of carbonyl (C=O) groups excluding carboxylic acids is 2. The lowest BCUT2D eigenvalue weighted by atomic mass is 10.1. The number of thioether (sulfide) groups is 1. The van der Waals surface area contributed by atoms with Crippen LogP contribution in [0.15, 0.2) is 58.7 Å². The Kier molecular flexibility index (Phi) is 6.61. The SMILES string of the molecule is COc1ccccc1NC(=O)C[C@H]1S/C(=N/N=C(\C)c2ccc(F)cc2)NC1=O. The Hall–Kier alpha value is -3.20. The van der Waals surface area contributed by atoms with Crippen LogP contribution >= 0.6 is 11.8 Å². The summed E-state index contributed by atoms with van der Waals surface area (Å²) in [4.78, 5) is 24.4. The van der Waals surface area contributed by atoms with Crippen molar-refractivity contribution in [3.63, 3.8) is 0 Å². The van der Waals surface area contributed by atoms with Gasteiger partial charge in [0, 0.05) is 6.42 Å². The number of benzene rings is 2. The van der Waals surface area contributed by atoms with Crippen LogP contribution in [0.5, 0.6) is 5.75 Å². The fraction of sp³-hybridized carbons (Fsp3) is 0.200. The van der Waals surface area contributed by atoms with Gasteiger partial charge in [-0.05, 0) is 36.8 Å². The van der Waals surface area contributed by atoms with Crippen LogP contribution in [0.3, 0.4) is 0 Å². The molecule has 7 nitrogen and oxygen atoms in total. The quantitative estimate of drug-likeness (QED) is 0.561. The number of rotatable bonds is 6. The van der Waals surface area contributed by atoms with Crippen molar-refractivity contribution in [2.75, 3.05) is 12.4 Å². The van der Waals surface area contributed by atoms with Crippen molar-refractivity contribution in [2.45, 2.75) is 18.6 Å². The van der Waals surface area contributed by atoms with Crippen molar-refractivity contribution in [1.29, 1.82) is 0 Å². The van der Waals surface area contributed by atoms with Crippen molar-refractivity contribution < 1.29 is 18.7 Å². The molecule has 0 saturated carbocycles. The third-order valence-corrected chi connectivity index (χ3v) is 5.15. The minimum atomic E-state index is -0.607. The Morgan fingerprint density at radius 3 is 2.69 bits per heavy atom. The Morgan fingerprint density at radius 1 is 1.24 bits per heavy atom. The highest BCUT2D eigenvalue weighted by Crippen LogP contribution is 2.26. The summed E-state index contributed by atoms with van der Waals surface area (Å²) in [5, 5.41) is 13.2. The number of para-hydroxylation sites is 2. The van der Waals surface area contributed by atoms with Gasteiger partial charge in [-0.25, -0.2) is 4.39 Å². The predicted octanol–water partition coefficient (Wildman–Crippen LogP) is 3.17. The molecule has 2 amide bonds. The van der Waals surface area contributed by atoms with E-state index in [0.717, 1.165) is 17.3 Å². The van der Waals surface area contributed by atoms with Gasteiger partial charge >= 0.3 is 0 Å². The Bertz CT molecular complexity index is 976. The lowest BCUT2D eigenvalue weighted by Gasteiger charge is -2.10. The molecule has 2 N–H and O–H groups in total. The van der Waals surface area contributed by atoms with E-state index in [9.17, 15) is 14.0 Å². The Labute approximate surface area is 171 Å². The minimum Gasteiger partial charge on any atom is -0.495 e. The summed E-state index contributed by atoms with van der Waals surface area (Å²) in [6.45, 7) is 1.73. The molecule has 1 atom stereocenters. The summed E-state index contributed by atoms with van der Waals surface area (Å²) in [5.74, 6) is -0.411. The molecular weight excluding hydrogens is 395 g/mol.